The van der Waals surface area contributed by atoms with E-state index in [1.165, 1.54) is 0 Å². The minimum absolute atomic E-state index is 0.130. The molecule has 3 heterocycles. The third kappa shape index (κ3) is 4.76. The Morgan fingerprint density at radius 2 is 1.28 bits per heavy atom. The largest absolute Gasteiger partial charge is 0.496 e. The predicted octanol–water partition coefficient (Wildman–Crippen LogP) is 4.94. The van der Waals surface area contributed by atoms with Crippen molar-refractivity contribution in [2.24, 2.45) is 0 Å². The number of benzene rings is 3. The second-order valence-electron chi connectivity index (χ2n) is 12.3. The van der Waals surface area contributed by atoms with Gasteiger partial charge in [-0.15, -0.1) is 0 Å². The molecule has 10 nitrogen and oxygen atoms in total. The van der Waals surface area contributed by atoms with E-state index in [0.29, 0.717) is 54.1 Å². The standard InChI is InChI=1S/C36H46N2O8/c1-19-31(40-4)23-15-22-16-38-24(18-46-17-21-13-11-10-12-14-21)26-27(32(41-5)20(2)34(43-7)36(26)45-9)30(39)29(38)28(37(22)3)25(23)35(44-8)33(19)42-6/h10-14,22,24,28-30,39H,15-18H2,1-9H3/t22?,24-,28?,29?,30?/m0/s1. The average molecular weight is 635 g/mol. The lowest BCUT2D eigenvalue weighted by molar-refractivity contribution is -0.115. The van der Waals surface area contributed by atoms with Crippen LogP contribution in [0.4, 0.5) is 0 Å². The van der Waals surface area contributed by atoms with Crippen LogP contribution in [0.1, 0.15) is 57.1 Å². The molecule has 0 spiro atoms. The lowest BCUT2D eigenvalue weighted by atomic mass is 9.72. The Labute approximate surface area is 271 Å². The maximum atomic E-state index is 12.6. The van der Waals surface area contributed by atoms with Crippen LogP contribution in [0.2, 0.25) is 0 Å². The molecule has 3 aromatic rings. The predicted molar refractivity (Wildman–Crippen MR) is 174 cm³/mol. The third-order valence-corrected chi connectivity index (χ3v) is 10.2. The monoisotopic (exact) mass is 634 g/mol. The van der Waals surface area contributed by atoms with Gasteiger partial charge < -0.3 is 38.3 Å². The normalized spacial score (nSPS) is 23.6. The minimum Gasteiger partial charge on any atom is -0.496 e. The molecule has 0 aliphatic carbocycles. The first-order chi connectivity index (χ1) is 22.3. The SMILES string of the molecule is COc1c(C)c(OC)c(OC)c2c1CC1CN3C(C(O)c4c(OC)c(C)c(OC)c(OC)c4[C@@H]3COCc3ccccc3)C2N1C. The maximum Gasteiger partial charge on any atom is 0.167 e. The quantitative estimate of drug-likeness (QED) is 0.331. The van der Waals surface area contributed by atoms with Crippen molar-refractivity contribution in [2.45, 2.75) is 57.1 Å². The second kappa shape index (κ2) is 12.8. The number of rotatable bonds is 10. The fraction of sp³-hybridized carbons (Fsp3) is 0.500. The van der Waals surface area contributed by atoms with Gasteiger partial charge in [0.2, 0.25) is 0 Å². The van der Waals surface area contributed by atoms with Crippen LogP contribution in [0.3, 0.4) is 0 Å². The summed E-state index contributed by atoms with van der Waals surface area (Å²) in [6.07, 6.45) is -0.204. The van der Waals surface area contributed by atoms with Gasteiger partial charge in [-0.1, -0.05) is 30.3 Å². The summed E-state index contributed by atoms with van der Waals surface area (Å²) in [6.45, 7) is 5.43. The summed E-state index contributed by atoms with van der Waals surface area (Å²) in [6, 6.07) is 9.34. The zero-order chi connectivity index (χ0) is 32.9. The summed E-state index contributed by atoms with van der Waals surface area (Å²) >= 11 is 0. The molecule has 4 unspecified atom stereocenters. The van der Waals surface area contributed by atoms with Gasteiger partial charge in [-0.3, -0.25) is 9.80 Å². The Balaban J connectivity index is 1.58. The number of aliphatic hydroxyl groups excluding tert-OH is 1. The third-order valence-electron chi connectivity index (χ3n) is 10.2. The number of ether oxygens (including phenoxy) is 7. The van der Waals surface area contributed by atoms with E-state index in [0.717, 1.165) is 45.6 Å². The number of hydrogen-bond donors (Lipinski definition) is 1. The van der Waals surface area contributed by atoms with Crippen LogP contribution in [0.25, 0.3) is 0 Å². The highest BCUT2D eigenvalue weighted by Crippen LogP contribution is 2.60. The maximum absolute atomic E-state index is 12.6. The van der Waals surface area contributed by atoms with E-state index in [-0.39, 0.29) is 18.1 Å². The van der Waals surface area contributed by atoms with E-state index < -0.39 is 12.1 Å². The van der Waals surface area contributed by atoms with Gasteiger partial charge in [0.25, 0.3) is 0 Å². The van der Waals surface area contributed by atoms with Crippen molar-refractivity contribution in [3.05, 3.63) is 69.3 Å². The minimum atomic E-state index is -0.948. The molecule has 248 valence electrons. The van der Waals surface area contributed by atoms with Crippen LogP contribution < -0.4 is 28.4 Å². The summed E-state index contributed by atoms with van der Waals surface area (Å²) in [4.78, 5) is 4.77. The van der Waals surface area contributed by atoms with E-state index >= 15 is 0 Å². The first-order valence-corrected chi connectivity index (χ1v) is 15.7. The molecule has 0 radical (unpaired) electrons. The zero-order valence-electron chi connectivity index (χ0n) is 28.3. The van der Waals surface area contributed by atoms with Gasteiger partial charge in [0.1, 0.15) is 17.6 Å². The van der Waals surface area contributed by atoms with Gasteiger partial charge in [0.05, 0.1) is 74.0 Å². The van der Waals surface area contributed by atoms with Crippen LogP contribution in [-0.4, -0.2) is 89.8 Å². The molecule has 10 heteroatoms. The molecular weight excluding hydrogens is 588 g/mol. The molecule has 3 aliphatic rings. The molecule has 0 aromatic heterocycles. The molecule has 2 bridgehead atoms. The van der Waals surface area contributed by atoms with Gasteiger partial charge in [-0.2, -0.15) is 0 Å². The van der Waals surface area contributed by atoms with E-state index in [2.05, 4.69) is 29.0 Å². The highest BCUT2D eigenvalue weighted by atomic mass is 16.5. The highest BCUT2D eigenvalue weighted by Gasteiger charge is 2.56. The second-order valence-corrected chi connectivity index (χ2v) is 12.3. The first-order valence-electron chi connectivity index (χ1n) is 15.7. The summed E-state index contributed by atoms with van der Waals surface area (Å²) in [5, 5.41) is 12.6. The van der Waals surface area contributed by atoms with Crippen LogP contribution in [-0.2, 0) is 17.8 Å². The highest BCUT2D eigenvalue weighted by molar-refractivity contribution is 5.68. The molecule has 6 rings (SSSR count). The molecule has 1 fully saturated rings. The number of nitrogens with zero attached hydrogens (tertiary/aromatic N) is 2. The lowest BCUT2D eigenvalue weighted by Crippen LogP contribution is -2.65. The van der Waals surface area contributed by atoms with Gasteiger partial charge in [0.15, 0.2) is 23.0 Å². The molecular formula is C36H46N2O8. The number of aliphatic hydroxyl groups is 1. The fourth-order valence-corrected chi connectivity index (χ4v) is 8.33. The van der Waals surface area contributed by atoms with Gasteiger partial charge >= 0.3 is 0 Å². The van der Waals surface area contributed by atoms with E-state index in [9.17, 15) is 5.11 Å². The summed E-state index contributed by atoms with van der Waals surface area (Å²) in [7, 11) is 12.1. The van der Waals surface area contributed by atoms with E-state index in [1.807, 2.05) is 32.0 Å². The van der Waals surface area contributed by atoms with Gasteiger partial charge in [0, 0.05) is 46.0 Å². The van der Waals surface area contributed by atoms with E-state index in [1.54, 1.807) is 42.7 Å². The number of likely N-dealkylation sites (N-methyl/N-ethyl adjacent to an activating group) is 1. The lowest BCUT2D eigenvalue weighted by Gasteiger charge is -2.59. The van der Waals surface area contributed by atoms with Crippen molar-refractivity contribution in [2.75, 3.05) is 62.9 Å². The number of piperazine rings is 1. The van der Waals surface area contributed by atoms with Crippen molar-refractivity contribution < 1.29 is 38.3 Å². The number of fused-ring (bicyclic) bond motifs is 7. The van der Waals surface area contributed by atoms with Gasteiger partial charge in [-0.05, 0) is 32.9 Å². The summed E-state index contributed by atoms with van der Waals surface area (Å²) < 4.78 is 42.6. The summed E-state index contributed by atoms with van der Waals surface area (Å²) in [5.74, 6) is 3.86. The van der Waals surface area contributed by atoms with Crippen molar-refractivity contribution in [1.82, 2.24) is 9.80 Å². The molecule has 0 amide bonds. The van der Waals surface area contributed by atoms with Gasteiger partial charge in [-0.25, -0.2) is 0 Å². The molecule has 3 aliphatic heterocycles. The summed E-state index contributed by atoms with van der Waals surface area (Å²) in [5.41, 5.74) is 6.33. The Kier molecular flexibility index (Phi) is 9.00. The smallest absolute Gasteiger partial charge is 0.167 e. The Morgan fingerprint density at radius 1 is 0.717 bits per heavy atom. The van der Waals surface area contributed by atoms with Crippen LogP contribution in [0, 0.1) is 13.8 Å². The zero-order valence-corrected chi connectivity index (χ0v) is 28.3. The molecule has 1 saturated heterocycles. The Morgan fingerprint density at radius 3 is 1.87 bits per heavy atom. The average Bonchev–Trinajstić information content (AvgIpc) is 3.06. The van der Waals surface area contributed by atoms with E-state index in [4.69, 9.17) is 33.2 Å². The Bertz CT molecular complexity index is 1600. The number of hydrogen-bond acceptors (Lipinski definition) is 10. The van der Waals surface area contributed by atoms with Crippen molar-refractivity contribution in [3.63, 3.8) is 0 Å². The van der Waals surface area contributed by atoms with Crippen LogP contribution in [0.15, 0.2) is 30.3 Å². The van der Waals surface area contributed by atoms with Crippen molar-refractivity contribution >= 4 is 0 Å². The number of methoxy groups -OCH3 is 6. The van der Waals surface area contributed by atoms with Crippen LogP contribution in [0.5, 0.6) is 34.5 Å². The van der Waals surface area contributed by atoms with Crippen LogP contribution >= 0.6 is 0 Å². The molecule has 0 saturated carbocycles. The first kappa shape index (κ1) is 32.2. The molecule has 5 atom stereocenters. The Hall–Kier alpha value is -3.70. The van der Waals surface area contributed by atoms with Crippen molar-refractivity contribution in [3.8, 4) is 34.5 Å². The fourth-order valence-electron chi connectivity index (χ4n) is 8.33. The molecule has 1 N–H and O–H groups in total. The molecule has 3 aromatic carbocycles. The van der Waals surface area contributed by atoms with Crippen molar-refractivity contribution in [1.29, 1.82) is 0 Å². The molecule has 46 heavy (non-hydrogen) atoms. The topological polar surface area (TPSA) is 91.3 Å².